The second kappa shape index (κ2) is 11.0. The number of urea groups is 1. The number of carbonyl (C=O) groups is 2. The molecular weight excluding hydrogens is 527 g/mol. The van der Waals surface area contributed by atoms with Gasteiger partial charge >= 0.3 is 6.03 Å². The van der Waals surface area contributed by atoms with Gasteiger partial charge < -0.3 is 15.1 Å². The number of rotatable bonds is 5. The number of likely N-dealkylation sites (tertiary alicyclic amines) is 1. The van der Waals surface area contributed by atoms with Gasteiger partial charge in [-0.2, -0.15) is 5.26 Å². The number of piperidine rings is 1. The lowest BCUT2D eigenvalue weighted by Crippen LogP contribution is -2.50. The van der Waals surface area contributed by atoms with Crippen molar-refractivity contribution in [3.63, 3.8) is 0 Å². The molecule has 2 aliphatic carbocycles. The van der Waals surface area contributed by atoms with Crippen LogP contribution in [0.3, 0.4) is 0 Å². The fraction of sp³-hybridized carbons (Fsp3) is 0.531. The first-order valence-corrected chi connectivity index (χ1v) is 14.7. The fourth-order valence-corrected chi connectivity index (χ4v) is 6.96. The average molecular weight is 565 g/mol. The van der Waals surface area contributed by atoms with Crippen molar-refractivity contribution in [3.05, 3.63) is 64.4 Å². The molecule has 1 saturated heterocycles. The van der Waals surface area contributed by atoms with E-state index in [1.807, 2.05) is 48.8 Å². The Kier molecular flexibility index (Phi) is 7.85. The van der Waals surface area contributed by atoms with Gasteiger partial charge in [-0.25, -0.2) is 9.18 Å². The lowest BCUT2D eigenvalue weighted by molar-refractivity contribution is -0.141. The summed E-state index contributed by atoms with van der Waals surface area (Å²) in [7, 11) is 0. The van der Waals surface area contributed by atoms with Gasteiger partial charge in [0.2, 0.25) is 5.91 Å². The van der Waals surface area contributed by atoms with Crippen molar-refractivity contribution in [3.8, 4) is 6.07 Å². The van der Waals surface area contributed by atoms with Crippen LogP contribution in [0.15, 0.2) is 42.5 Å². The molecule has 0 bridgehead atoms. The molecule has 3 amide bonds. The van der Waals surface area contributed by atoms with E-state index in [4.69, 9.17) is 11.6 Å². The summed E-state index contributed by atoms with van der Waals surface area (Å²) in [6.07, 6.45) is 5.56. The van der Waals surface area contributed by atoms with Gasteiger partial charge in [-0.15, -0.1) is 0 Å². The smallest absolute Gasteiger partial charge is 0.322 e. The second-order valence-electron chi connectivity index (χ2n) is 12.9. The number of hydrogen-bond acceptors (Lipinski definition) is 3. The molecule has 212 valence electrons. The zero-order chi connectivity index (χ0) is 28.7. The van der Waals surface area contributed by atoms with Gasteiger partial charge in [0.05, 0.1) is 16.7 Å². The van der Waals surface area contributed by atoms with E-state index in [-0.39, 0.29) is 28.4 Å². The molecule has 3 aliphatic rings. The summed E-state index contributed by atoms with van der Waals surface area (Å²) in [5.41, 5.74) is 2.10. The van der Waals surface area contributed by atoms with Gasteiger partial charge in [0.1, 0.15) is 5.82 Å². The Morgan fingerprint density at radius 2 is 1.93 bits per heavy atom. The SMILES string of the molecule is CC(C)(C)C(=O)N1CCC(CN(C(=O)Nc2ccc(F)c(Cl)c2)[C@@H]2CC[C@]3(c4cccc(C#N)c4)C[C@@H]3C2)CC1. The number of anilines is 1. The van der Waals surface area contributed by atoms with Crippen LogP contribution in [0.5, 0.6) is 0 Å². The van der Waals surface area contributed by atoms with E-state index < -0.39 is 11.2 Å². The van der Waals surface area contributed by atoms with Crippen molar-refractivity contribution < 1.29 is 14.0 Å². The van der Waals surface area contributed by atoms with Crippen LogP contribution in [-0.2, 0) is 10.2 Å². The van der Waals surface area contributed by atoms with E-state index in [0.29, 0.717) is 42.7 Å². The van der Waals surface area contributed by atoms with Crippen molar-refractivity contribution >= 4 is 29.2 Å². The maximum absolute atomic E-state index is 13.7. The van der Waals surface area contributed by atoms with Gasteiger partial charge in [-0.05, 0) is 91.7 Å². The molecule has 3 fully saturated rings. The number of fused-ring (bicyclic) bond motifs is 1. The van der Waals surface area contributed by atoms with Crippen LogP contribution in [0.4, 0.5) is 14.9 Å². The largest absolute Gasteiger partial charge is 0.342 e. The van der Waals surface area contributed by atoms with E-state index in [9.17, 15) is 19.2 Å². The van der Waals surface area contributed by atoms with Gasteiger partial charge in [-0.3, -0.25) is 4.79 Å². The van der Waals surface area contributed by atoms with E-state index in [2.05, 4.69) is 17.5 Å². The van der Waals surface area contributed by atoms with Crippen molar-refractivity contribution in [2.75, 3.05) is 25.0 Å². The molecule has 1 N–H and O–H groups in total. The van der Waals surface area contributed by atoms with Crippen LogP contribution in [0.25, 0.3) is 0 Å². The monoisotopic (exact) mass is 564 g/mol. The summed E-state index contributed by atoms with van der Waals surface area (Å²) in [5.74, 6) is 0.421. The molecule has 6 nitrogen and oxygen atoms in total. The van der Waals surface area contributed by atoms with Crippen molar-refractivity contribution in [1.82, 2.24) is 9.80 Å². The Hall–Kier alpha value is -3.11. The second-order valence-corrected chi connectivity index (χ2v) is 13.3. The number of amides is 3. The summed E-state index contributed by atoms with van der Waals surface area (Å²) < 4.78 is 13.7. The molecule has 2 saturated carbocycles. The Bertz CT molecular complexity index is 1330. The van der Waals surface area contributed by atoms with Crippen LogP contribution in [0.2, 0.25) is 5.02 Å². The molecule has 1 heterocycles. The predicted molar refractivity (Wildman–Crippen MR) is 154 cm³/mol. The van der Waals surface area contributed by atoms with E-state index in [1.54, 1.807) is 0 Å². The lowest BCUT2D eigenvalue weighted by atomic mass is 9.79. The highest BCUT2D eigenvalue weighted by atomic mass is 35.5. The van der Waals surface area contributed by atoms with Gasteiger partial charge in [0.15, 0.2) is 0 Å². The zero-order valence-electron chi connectivity index (χ0n) is 23.6. The predicted octanol–water partition coefficient (Wildman–Crippen LogP) is 6.98. The maximum atomic E-state index is 13.7. The molecule has 2 aromatic carbocycles. The number of halogens is 2. The Morgan fingerprint density at radius 3 is 2.58 bits per heavy atom. The fourth-order valence-electron chi connectivity index (χ4n) is 6.78. The third-order valence-electron chi connectivity index (χ3n) is 9.15. The highest BCUT2D eigenvalue weighted by Crippen LogP contribution is 2.63. The summed E-state index contributed by atoms with van der Waals surface area (Å²) in [6, 6.07) is 14.4. The number of nitriles is 1. The number of carbonyl (C=O) groups excluding carboxylic acids is 2. The van der Waals surface area contributed by atoms with Crippen molar-refractivity contribution in [2.24, 2.45) is 17.3 Å². The molecule has 40 heavy (non-hydrogen) atoms. The van der Waals surface area contributed by atoms with Crippen LogP contribution < -0.4 is 5.32 Å². The van der Waals surface area contributed by atoms with Gasteiger partial charge in [0, 0.05) is 36.8 Å². The minimum Gasteiger partial charge on any atom is -0.342 e. The van der Waals surface area contributed by atoms with Crippen molar-refractivity contribution in [1.29, 1.82) is 5.26 Å². The van der Waals surface area contributed by atoms with E-state index in [0.717, 1.165) is 38.5 Å². The highest BCUT2D eigenvalue weighted by molar-refractivity contribution is 6.31. The molecule has 0 unspecified atom stereocenters. The topological polar surface area (TPSA) is 76.4 Å². The van der Waals surface area contributed by atoms with E-state index >= 15 is 0 Å². The lowest BCUT2D eigenvalue weighted by Gasteiger charge is -2.41. The molecule has 8 heteroatoms. The number of nitrogens with zero attached hydrogens (tertiary/aromatic N) is 3. The van der Waals surface area contributed by atoms with Crippen molar-refractivity contribution in [2.45, 2.75) is 70.8 Å². The average Bonchev–Trinajstić information content (AvgIpc) is 3.68. The normalized spacial score (nSPS) is 24.6. The zero-order valence-corrected chi connectivity index (χ0v) is 24.3. The molecule has 0 aromatic heterocycles. The third-order valence-corrected chi connectivity index (χ3v) is 9.44. The minimum absolute atomic E-state index is 0.0275. The molecule has 5 rings (SSSR count). The van der Waals surface area contributed by atoms with Crippen LogP contribution in [0, 0.1) is 34.4 Å². The third kappa shape index (κ3) is 5.83. The number of benzene rings is 2. The van der Waals surface area contributed by atoms with Crippen LogP contribution in [0.1, 0.15) is 70.4 Å². The standard InChI is InChI=1S/C32H38ClFN4O2/c1-31(2,3)29(39)37-13-10-21(11-14-37)20-38(30(40)36-25-7-8-28(34)27(33)17-25)26-9-12-32(18-24(32)16-26)23-6-4-5-22(15-23)19-35/h4-8,15,17,21,24,26H,9-14,16,18,20H2,1-3H3,(H,36,40)/t24-,26+,32+/m0/s1. The number of nitrogens with one attached hydrogen (secondary N) is 1. The molecule has 0 spiro atoms. The summed E-state index contributed by atoms with van der Waals surface area (Å²) in [4.78, 5) is 30.4. The molecule has 2 aromatic rings. The van der Waals surface area contributed by atoms with Crippen LogP contribution in [-0.4, -0.2) is 47.4 Å². The van der Waals surface area contributed by atoms with Gasteiger partial charge in [0.25, 0.3) is 0 Å². The summed E-state index contributed by atoms with van der Waals surface area (Å²) in [5, 5.41) is 12.3. The maximum Gasteiger partial charge on any atom is 0.322 e. The summed E-state index contributed by atoms with van der Waals surface area (Å²) >= 11 is 5.98. The first kappa shape index (κ1) is 28.4. The Labute approximate surface area is 241 Å². The molecule has 3 atom stereocenters. The molecule has 1 aliphatic heterocycles. The Balaban J connectivity index is 1.30. The quantitative estimate of drug-likeness (QED) is 0.425. The first-order valence-electron chi connectivity index (χ1n) is 14.3. The van der Waals surface area contributed by atoms with Gasteiger partial charge in [-0.1, -0.05) is 44.5 Å². The Morgan fingerprint density at radius 1 is 1.18 bits per heavy atom. The molecule has 0 radical (unpaired) electrons. The van der Waals surface area contributed by atoms with E-state index in [1.165, 1.54) is 23.8 Å². The summed E-state index contributed by atoms with van der Waals surface area (Å²) in [6.45, 7) is 7.88. The first-order chi connectivity index (χ1) is 19.0. The minimum atomic E-state index is -0.522. The number of hydrogen-bond donors (Lipinski definition) is 1. The highest BCUT2D eigenvalue weighted by Gasteiger charge is 2.58. The molecular formula is C32H38ClFN4O2. The van der Waals surface area contributed by atoms with Crippen LogP contribution >= 0.6 is 11.6 Å².